The average molecular weight is 526 g/mol. The lowest BCUT2D eigenvalue weighted by molar-refractivity contribution is 0.0949. The van der Waals surface area contributed by atoms with Crippen molar-refractivity contribution >= 4 is 17.6 Å². The van der Waals surface area contributed by atoms with Gasteiger partial charge in [0.15, 0.2) is 5.82 Å². The molecule has 3 aromatic carbocycles. The Morgan fingerprint density at radius 3 is 2.30 bits per heavy atom. The summed E-state index contributed by atoms with van der Waals surface area (Å²) in [6.45, 7) is 0.260. The van der Waals surface area contributed by atoms with Gasteiger partial charge >= 0.3 is 0 Å². The minimum atomic E-state index is -0.437. The molecule has 2 heterocycles. The number of aromatic hydroxyl groups is 1. The lowest BCUT2D eigenvalue weighted by Gasteiger charge is -2.15. The van der Waals surface area contributed by atoms with E-state index in [-0.39, 0.29) is 29.6 Å². The maximum Gasteiger partial charge on any atom is 0.256 e. The Balaban J connectivity index is 1.56. The number of hydrogen-bond donors (Lipinski definition) is 3. The standard InChI is InChI=1S/C32H23N5O3/c33-19-27-26(22-11-8-12-23(17-22)31(39)35-20-24-13-6-7-16-34-24)18-28(25-14-4-5-15-29(25)38)36-30(27)37-32(40)21-9-2-1-3-10-21/h1-18,38H,20H2,(H,35,39)(H,36,37,40). The Morgan fingerprint density at radius 1 is 0.800 bits per heavy atom. The summed E-state index contributed by atoms with van der Waals surface area (Å²) in [5.74, 6) is -0.711. The van der Waals surface area contributed by atoms with E-state index >= 15 is 0 Å². The molecule has 2 amide bonds. The number of nitrogens with zero attached hydrogens (tertiary/aromatic N) is 3. The Labute approximate surface area is 230 Å². The van der Waals surface area contributed by atoms with Gasteiger partial charge in [-0.1, -0.05) is 48.5 Å². The summed E-state index contributed by atoms with van der Waals surface area (Å²) >= 11 is 0. The molecule has 0 atom stereocenters. The number of nitrogens with one attached hydrogen (secondary N) is 2. The molecule has 0 spiro atoms. The molecule has 5 rings (SSSR count). The van der Waals surface area contributed by atoms with Crippen molar-refractivity contribution in [1.82, 2.24) is 15.3 Å². The second kappa shape index (κ2) is 11.7. The number of anilines is 1. The maximum absolute atomic E-state index is 13.0. The summed E-state index contributed by atoms with van der Waals surface area (Å²) < 4.78 is 0. The molecule has 194 valence electrons. The van der Waals surface area contributed by atoms with Crippen LogP contribution in [0.5, 0.6) is 5.75 Å². The molecule has 40 heavy (non-hydrogen) atoms. The van der Waals surface area contributed by atoms with Gasteiger partial charge in [0.2, 0.25) is 0 Å². The molecule has 0 aliphatic rings. The molecule has 2 aromatic heterocycles. The average Bonchev–Trinajstić information content (AvgIpc) is 3.00. The third-order valence-corrected chi connectivity index (χ3v) is 6.17. The van der Waals surface area contributed by atoms with Crippen LogP contribution >= 0.6 is 0 Å². The van der Waals surface area contributed by atoms with Gasteiger partial charge in [0.05, 0.1) is 17.9 Å². The van der Waals surface area contributed by atoms with E-state index in [1.165, 1.54) is 6.07 Å². The third-order valence-electron chi connectivity index (χ3n) is 6.17. The monoisotopic (exact) mass is 525 g/mol. The molecule has 0 aliphatic carbocycles. The predicted molar refractivity (Wildman–Crippen MR) is 151 cm³/mol. The van der Waals surface area contributed by atoms with E-state index in [1.807, 2.05) is 12.1 Å². The van der Waals surface area contributed by atoms with Gasteiger partial charge in [-0.3, -0.25) is 14.6 Å². The Hall–Kier alpha value is -5.81. The van der Waals surface area contributed by atoms with Gasteiger partial charge in [0.1, 0.15) is 17.4 Å². The lowest BCUT2D eigenvalue weighted by Crippen LogP contribution is -2.23. The van der Waals surface area contributed by atoms with Crippen molar-refractivity contribution in [2.45, 2.75) is 6.54 Å². The number of phenols is 1. The van der Waals surface area contributed by atoms with Gasteiger partial charge in [-0.15, -0.1) is 0 Å². The van der Waals surface area contributed by atoms with Crippen molar-refractivity contribution in [3.63, 3.8) is 0 Å². The second-order valence-electron chi connectivity index (χ2n) is 8.81. The molecule has 0 saturated carbocycles. The normalized spacial score (nSPS) is 10.4. The molecule has 8 nitrogen and oxygen atoms in total. The number of para-hydroxylation sites is 1. The largest absolute Gasteiger partial charge is 0.507 e. The number of pyridine rings is 2. The zero-order chi connectivity index (χ0) is 27.9. The van der Waals surface area contributed by atoms with Crippen molar-refractivity contribution in [2.75, 3.05) is 5.32 Å². The van der Waals surface area contributed by atoms with Crippen molar-refractivity contribution in [3.8, 4) is 34.2 Å². The van der Waals surface area contributed by atoms with Crippen LogP contribution in [0.2, 0.25) is 0 Å². The van der Waals surface area contributed by atoms with Crippen molar-refractivity contribution in [3.05, 3.63) is 132 Å². The van der Waals surface area contributed by atoms with Gasteiger partial charge in [0.25, 0.3) is 11.8 Å². The highest BCUT2D eigenvalue weighted by Gasteiger charge is 2.20. The van der Waals surface area contributed by atoms with Crippen LogP contribution in [0.4, 0.5) is 5.82 Å². The van der Waals surface area contributed by atoms with E-state index in [0.29, 0.717) is 33.5 Å². The van der Waals surface area contributed by atoms with Crippen LogP contribution in [-0.4, -0.2) is 26.9 Å². The molecule has 3 N–H and O–H groups in total. The molecular weight excluding hydrogens is 502 g/mol. The summed E-state index contributed by atoms with van der Waals surface area (Å²) in [4.78, 5) is 34.7. The number of aromatic nitrogens is 2. The molecule has 5 aromatic rings. The first kappa shape index (κ1) is 25.8. The van der Waals surface area contributed by atoms with Gasteiger partial charge < -0.3 is 15.7 Å². The number of carbonyl (C=O) groups excluding carboxylic acids is 2. The summed E-state index contributed by atoms with van der Waals surface area (Å²) in [5, 5.41) is 26.3. The number of hydrogen-bond acceptors (Lipinski definition) is 6. The van der Waals surface area contributed by atoms with E-state index < -0.39 is 5.91 Å². The molecule has 8 heteroatoms. The van der Waals surface area contributed by atoms with Crippen molar-refractivity contribution in [1.29, 1.82) is 5.26 Å². The van der Waals surface area contributed by atoms with Gasteiger partial charge in [0, 0.05) is 28.5 Å². The minimum Gasteiger partial charge on any atom is -0.507 e. The molecule has 0 aliphatic heterocycles. The van der Waals surface area contributed by atoms with Crippen molar-refractivity contribution < 1.29 is 14.7 Å². The van der Waals surface area contributed by atoms with Crippen LogP contribution < -0.4 is 10.6 Å². The smallest absolute Gasteiger partial charge is 0.256 e. The van der Waals surface area contributed by atoms with Crippen LogP contribution in [0.15, 0.2) is 109 Å². The van der Waals surface area contributed by atoms with Gasteiger partial charge in [-0.05, 0) is 60.2 Å². The van der Waals surface area contributed by atoms with E-state index in [2.05, 4.69) is 26.7 Å². The first-order valence-electron chi connectivity index (χ1n) is 12.4. The zero-order valence-electron chi connectivity index (χ0n) is 21.2. The fourth-order valence-electron chi connectivity index (χ4n) is 4.18. The third kappa shape index (κ3) is 5.69. The molecule has 0 saturated heterocycles. The number of nitriles is 1. The molecular formula is C32H23N5O3. The first-order chi connectivity index (χ1) is 19.5. The Bertz CT molecular complexity index is 1730. The lowest BCUT2D eigenvalue weighted by atomic mass is 9.96. The SMILES string of the molecule is N#Cc1c(-c2cccc(C(=O)NCc3ccccn3)c2)cc(-c2ccccc2O)nc1NC(=O)c1ccccc1. The molecule has 0 bridgehead atoms. The fourth-order valence-corrected chi connectivity index (χ4v) is 4.18. The Morgan fingerprint density at radius 2 is 1.55 bits per heavy atom. The second-order valence-corrected chi connectivity index (χ2v) is 8.81. The highest BCUT2D eigenvalue weighted by atomic mass is 16.3. The molecule has 0 fully saturated rings. The topological polar surface area (TPSA) is 128 Å². The van der Waals surface area contributed by atoms with Crippen LogP contribution in [0.25, 0.3) is 22.4 Å². The number of rotatable bonds is 7. The molecule has 0 radical (unpaired) electrons. The fraction of sp³-hybridized carbons (Fsp3) is 0.0312. The van der Waals surface area contributed by atoms with Crippen LogP contribution in [0.1, 0.15) is 32.0 Å². The van der Waals surface area contributed by atoms with Crippen LogP contribution in [-0.2, 0) is 6.54 Å². The number of amides is 2. The maximum atomic E-state index is 13.0. The quantitative estimate of drug-likeness (QED) is 0.255. The number of carbonyl (C=O) groups is 2. The van der Waals surface area contributed by atoms with Crippen molar-refractivity contribution in [2.24, 2.45) is 0 Å². The molecule has 0 unspecified atom stereocenters. The van der Waals surface area contributed by atoms with Crippen LogP contribution in [0, 0.1) is 11.3 Å². The van der Waals surface area contributed by atoms with Crippen LogP contribution in [0.3, 0.4) is 0 Å². The van der Waals surface area contributed by atoms with E-state index in [4.69, 9.17) is 0 Å². The van der Waals surface area contributed by atoms with Gasteiger partial charge in [-0.25, -0.2) is 4.98 Å². The van der Waals surface area contributed by atoms with E-state index in [9.17, 15) is 20.0 Å². The zero-order valence-corrected chi connectivity index (χ0v) is 21.2. The summed E-state index contributed by atoms with van der Waals surface area (Å²) in [5.41, 5.74) is 3.40. The summed E-state index contributed by atoms with van der Waals surface area (Å²) in [6.07, 6.45) is 1.66. The van der Waals surface area contributed by atoms with E-state index in [0.717, 1.165) is 5.69 Å². The predicted octanol–water partition coefficient (Wildman–Crippen LogP) is 5.57. The number of phenolic OH excluding ortho intramolecular Hbond substituents is 1. The van der Waals surface area contributed by atoms with E-state index in [1.54, 1.807) is 91.1 Å². The minimum absolute atomic E-state index is 0.00589. The summed E-state index contributed by atoms with van der Waals surface area (Å²) in [7, 11) is 0. The highest BCUT2D eigenvalue weighted by Crippen LogP contribution is 2.35. The summed E-state index contributed by atoms with van der Waals surface area (Å²) in [6, 6.07) is 31.4. The number of benzene rings is 3. The highest BCUT2D eigenvalue weighted by molar-refractivity contribution is 6.05. The van der Waals surface area contributed by atoms with Gasteiger partial charge in [-0.2, -0.15) is 5.26 Å². The Kier molecular flexibility index (Phi) is 7.56. The first-order valence-corrected chi connectivity index (χ1v) is 12.4.